The average molecular weight is 182 g/mol. The number of hydrogen-bond donors (Lipinski definition) is 2. The molecule has 0 aliphatic rings. The van der Waals surface area contributed by atoms with Gasteiger partial charge in [0.2, 0.25) is 0 Å². The van der Waals surface area contributed by atoms with E-state index in [1.54, 1.807) is 7.05 Å². The van der Waals surface area contributed by atoms with Crippen LogP contribution in [0.2, 0.25) is 0 Å². The van der Waals surface area contributed by atoms with Crippen LogP contribution in [0.15, 0.2) is 6.20 Å². The number of nitrogens with one attached hydrogen (secondary N) is 1. The Balaban J connectivity index is 3.19. The van der Waals surface area contributed by atoms with Crippen LogP contribution in [0, 0.1) is 5.41 Å². The Hall–Kier alpha value is -1.85. The second-order valence-electron chi connectivity index (χ2n) is 2.47. The minimum Gasteiger partial charge on any atom is -0.464 e. The SMILES string of the molecule is COC(=O)c1nn(C)cc1C(=N)N. The minimum absolute atomic E-state index is 0.0671. The van der Waals surface area contributed by atoms with Crippen LogP contribution in [0.25, 0.3) is 0 Å². The standard InChI is InChI=1S/C7H10N4O2/c1-11-3-4(6(8)9)5(10-11)7(12)13-2/h3H,1-2H3,(H3,8,9). The molecule has 0 radical (unpaired) electrons. The number of hydrogen-bond acceptors (Lipinski definition) is 4. The van der Waals surface area contributed by atoms with Gasteiger partial charge in [0.15, 0.2) is 5.69 Å². The van der Waals surface area contributed by atoms with Gasteiger partial charge >= 0.3 is 5.97 Å². The number of nitrogens with zero attached hydrogens (tertiary/aromatic N) is 2. The van der Waals surface area contributed by atoms with Gasteiger partial charge in [-0.15, -0.1) is 0 Å². The summed E-state index contributed by atoms with van der Waals surface area (Å²) in [4.78, 5) is 11.1. The van der Waals surface area contributed by atoms with Crippen molar-refractivity contribution >= 4 is 11.8 Å². The largest absolute Gasteiger partial charge is 0.464 e. The molecule has 0 aliphatic heterocycles. The summed E-state index contributed by atoms with van der Waals surface area (Å²) >= 11 is 0. The first-order valence-electron chi connectivity index (χ1n) is 3.52. The molecule has 0 saturated heterocycles. The lowest BCUT2D eigenvalue weighted by Crippen LogP contribution is -2.15. The van der Waals surface area contributed by atoms with Crippen molar-refractivity contribution in [2.45, 2.75) is 0 Å². The van der Waals surface area contributed by atoms with Crippen molar-refractivity contribution < 1.29 is 9.53 Å². The van der Waals surface area contributed by atoms with Crippen molar-refractivity contribution in [1.82, 2.24) is 9.78 Å². The van der Waals surface area contributed by atoms with Gasteiger partial charge in [-0.05, 0) is 0 Å². The first-order valence-corrected chi connectivity index (χ1v) is 3.52. The van der Waals surface area contributed by atoms with Crippen molar-refractivity contribution in [2.24, 2.45) is 12.8 Å². The summed E-state index contributed by atoms with van der Waals surface area (Å²) in [6, 6.07) is 0. The zero-order valence-electron chi connectivity index (χ0n) is 7.37. The van der Waals surface area contributed by atoms with E-state index in [1.165, 1.54) is 18.0 Å². The summed E-state index contributed by atoms with van der Waals surface area (Å²) in [6.07, 6.45) is 1.49. The molecule has 1 rings (SSSR count). The fourth-order valence-corrected chi connectivity index (χ4v) is 0.933. The Morgan fingerprint density at radius 1 is 1.77 bits per heavy atom. The van der Waals surface area contributed by atoms with E-state index in [2.05, 4.69) is 9.84 Å². The van der Waals surface area contributed by atoms with Crippen LogP contribution in [-0.4, -0.2) is 28.7 Å². The maximum atomic E-state index is 11.1. The van der Waals surface area contributed by atoms with Gasteiger partial charge in [0, 0.05) is 13.2 Å². The molecule has 13 heavy (non-hydrogen) atoms. The smallest absolute Gasteiger partial charge is 0.359 e. The summed E-state index contributed by atoms with van der Waals surface area (Å²) in [5.74, 6) is -0.792. The van der Waals surface area contributed by atoms with E-state index in [0.717, 1.165) is 0 Å². The van der Waals surface area contributed by atoms with E-state index >= 15 is 0 Å². The number of aromatic nitrogens is 2. The molecule has 70 valence electrons. The number of nitrogens with two attached hydrogens (primary N) is 1. The molecule has 0 bridgehead atoms. The molecule has 0 fully saturated rings. The summed E-state index contributed by atoms with van der Waals surface area (Å²) in [5, 5.41) is 11.0. The van der Waals surface area contributed by atoms with Crippen molar-refractivity contribution in [2.75, 3.05) is 7.11 Å². The van der Waals surface area contributed by atoms with Crippen LogP contribution in [0.1, 0.15) is 16.1 Å². The summed E-state index contributed by atoms with van der Waals surface area (Å²) in [7, 11) is 2.89. The molecule has 1 aromatic rings. The zero-order valence-corrected chi connectivity index (χ0v) is 7.37. The van der Waals surface area contributed by atoms with E-state index in [0.29, 0.717) is 0 Å². The molecule has 0 amide bonds. The molecule has 0 atom stereocenters. The highest BCUT2D eigenvalue weighted by molar-refractivity contribution is 6.04. The molecule has 0 aliphatic carbocycles. The van der Waals surface area contributed by atoms with Crippen molar-refractivity contribution in [3.63, 3.8) is 0 Å². The van der Waals surface area contributed by atoms with Gasteiger partial charge in [-0.2, -0.15) is 5.10 Å². The predicted octanol–water partition coefficient (Wildman–Crippen LogP) is -0.509. The third-order valence-electron chi connectivity index (χ3n) is 1.50. The number of carbonyl (C=O) groups excluding carboxylic acids is 1. The normalized spacial score (nSPS) is 9.69. The number of methoxy groups -OCH3 is 1. The van der Waals surface area contributed by atoms with Crippen LogP contribution < -0.4 is 5.73 Å². The van der Waals surface area contributed by atoms with Crippen LogP contribution in [-0.2, 0) is 11.8 Å². The summed E-state index contributed by atoms with van der Waals surface area (Å²) in [6.45, 7) is 0. The number of ether oxygens (including phenoxy) is 1. The Morgan fingerprint density at radius 3 is 2.85 bits per heavy atom. The second-order valence-corrected chi connectivity index (χ2v) is 2.47. The maximum absolute atomic E-state index is 11.1. The van der Waals surface area contributed by atoms with Crippen molar-refractivity contribution in [3.8, 4) is 0 Å². The first-order chi connectivity index (χ1) is 6.06. The molecule has 3 N–H and O–H groups in total. The fraction of sp³-hybridized carbons (Fsp3) is 0.286. The van der Waals surface area contributed by atoms with Gasteiger partial charge in [-0.3, -0.25) is 10.1 Å². The number of aryl methyl sites for hydroxylation is 1. The van der Waals surface area contributed by atoms with E-state index in [-0.39, 0.29) is 17.1 Å². The summed E-state index contributed by atoms with van der Waals surface area (Å²) in [5.41, 5.74) is 5.60. The highest BCUT2D eigenvalue weighted by Crippen LogP contribution is 2.06. The molecular formula is C7H10N4O2. The van der Waals surface area contributed by atoms with Gasteiger partial charge in [0.05, 0.1) is 12.7 Å². The molecule has 1 heterocycles. The molecular weight excluding hydrogens is 172 g/mol. The number of carbonyl (C=O) groups is 1. The van der Waals surface area contributed by atoms with Crippen LogP contribution in [0.5, 0.6) is 0 Å². The number of nitrogen functional groups attached to an aromatic ring is 1. The Labute approximate surface area is 74.8 Å². The molecule has 0 unspecified atom stereocenters. The Kier molecular flexibility index (Phi) is 2.32. The van der Waals surface area contributed by atoms with Gasteiger partial charge in [0.1, 0.15) is 5.84 Å². The molecule has 0 spiro atoms. The lowest BCUT2D eigenvalue weighted by molar-refractivity contribution is 0.0593. The Bertz CT molecular complexity index is 355. The molecule has 6 heteroatoms. The Morgan fingerprint density at radius 2 is 2.38 bits per heavy atom. The first kappa shape index (κ1) is 9.24. The maximum Gasteiger partial charge on any atom is 0.359 e. The lowest BCUT2D eigenvalue weighted by atomic mass is 10.2. The summed E-state index contributed by atoms with van der Waals surface area (Å²) < 4.78 is 5.88. The predicted molar refractivity (Wildman–Crippen MR) is 45.6 cm³/mol. The van der Waals surface area contributed by atoms with Gasteiger partial charge in [-0.25, -0.2) is 4.79 Å². The minimum atomic E-state index is -0.592. The highest BCUT2D eigenvalue weighted by Gasteiger charge is 2.17. The molecule has 6 nitrogen and oxygen atoms in total. The second kappa shape index (κ2) is 3.26. The lowest BCUT2D eigenvalue weighted by Gasteiger charge is -1.96. The number of amidine groups is 1. The van der Waals surface area contributed by atoms with Crippen LogP contribution in [0.4, 0.5) is 0 Å². The zero-order chi connectivity index (χ0) is 10.0. The topological polar surface area (TPSA) is 94.0 Å². The van der Waals surface area contributed by atoms with Crippen LogP contribution in [0.3, 0.4) is 0 Å². The third-order valence-corrected chi connectivity index (χ3v) is 1.50. The average Bonchev–Trinajstić information content (AvgIpc) is 2.46. The number of rotatable bonds is 2. The van der Waals surface area contributed by atoms with Crippen LogP contribution >= 0.6 is 0 Å². The van der Waals surface area contributed by atoms with Gasteiger partial charge in [-0.1, -0.05) is 0 Å². The van der Waals surface area contributed by atoms with E-state index < -0.39 is 5.97 Å². The highest BCUT2D eigenvalue weighted by atomic mass is 16.5. The van der Waals surface area contributed by atoms with Gasteiger partial charge < -0.3 is 10.5 Å². The molecule has 0 saturated carbocycles. The molecule has 0 aromatic carbocycles. The van der Waals surface area contributed by atoms with Crippen molar-refractivity contribution in [3.05, 3.63) is 17.5 Å². The third kappa shape index (κ3) is 1.66. The van der Waals surface area contributed by atoms with Gasteiger partial charge in [0.25, 0.3) is 0 Å². The monoisotopic (exact) mass is 182 g/mol. The fourth-order valence-electron chi connectivity index (χ4n) is 0.933. The van der Waals surface area contributed by atoms with E-state index in [4.69, 9.17) is 11.1 Å². The van der Waals surface area contributed by atoms with E-state index in [1.807, 2.05) is 0 Å². The van der Waals surface area contributed by atoms with Crippen molar-refractivity contribution in [1.29, 1.82) is 5.41 Å². The molecule has 1 aromatic heterocycles. The number of esters is 1. The quantitative estimate of drug-likeness (QED) is 0.366. The van der Waals surface area contributed by atoms with E-state index in [9.17, 15) is 4.79 Å².